The van der Waals surface area contributed by atoms with Crippen molar-refractivity contribution in [3.63, 3.8) is 0 Å². The normalized spacial score (nSPS) is 20.9. The van der Waals surface area contributed by atoms with E-state index in [0.717, 1.165) is 13.0 Å². The van der Waals surface area contributed by atoms with E-state index in [1.807, 2.05) is 0 Å². The SMILES string of the molecule is CN1CCCCC1COc1ncc(F)cc1CN. The number of halogens is 1. The summed E-state index contributed by atoms with van der Waals surface area (Å²) in [4.78, 5) is 6.26. The van der Waals surface area contributed by atoms with Gasteiger partial charge in [0.05, 0.1) is 6.20 Å². The van der Waals surface area contributed by atoms with Crippen molar-refractivity contribution in [1.82, 2.24) is 9.88 Å². The number of rotatable bonds is 4. The van der Waals surface area contributed by atoms with E-state index in [2.05, 4.69) is 16.9 Å². The van der Waals surface area contributed by atoms with Crippen molar-refractivity contribution in [3.8, 4) is 5.88 Å². The molecule has 1 aliphatic rings. The number of hydrogen-bond acceptors (Lipinski definition) is 4. The molecule has 2 heterocycles. The lowest BCUT2D eigenvalue weighted by Crippen LogP contribution is -2.40. The van der Waals surface area contributed by atoms with Crippen LogP contribution in [-0.4, -0.2) is 36.1 Å². The zero-order valence-electron chi connectivity index (χ0n) is 10.7. The third-order valence-electron chi connectivity index (χ3n) is 3.45. The summed E-state index contributed by atoms with van der Waals surface area (Å²) in [6, 6.07) is 1.80. The molecule has 0 bridgehead atoms. The smallest absolute Gasteiger partial charge is 0.218 e. The molecule has 1 saturated heterocycles. The molecule has 1 aromatic rings. The van der Waals surface area contributed by atoms with Gasteiger partial charge in [-0.25, -0.2) is 9.37 Å². The minimum atomic E-state index is -0.377. The van der Waals surface area contributed by atoms with Crippen LogP contribution in [0.3, 0.4) is 0 Å². The molecule has 0 radical (unpaired) electrons. The van der Waals surface area contributed by atoms with Crippen LogP contribution in [0.4, 0.5) is 4.39 Å². The standard InChI is InChI=1S/C13H20FN3O/c1-17-5-3-2-4-12(17)9-18-13-10(7-15)6-11(14)8-16-13/h6,8,12H,2-5,7,9,15H2,1H3. The first-order chi connectivity index (χ1) is 8.70. The molecule has 0 aromatic carbocycles. The summed E-state index contributed by atoms with van der Waals surface area (Å²) in [5, 5.41) is 0. The fourth-order valence-electron chi connectivity index (χ4n) is 2.27. The highest BCUT2D eigenvalue weighted by molar-refractivity contribution is 5.25. The summed E-state index contributed by atoms with van der Waals surface area (Å²) in [7, 11) is 2.11. The van der Waals surface area contributed by atoms with Crippen LogP contribution in [0.2, 0.25) is 0 Å². The summed E-state index contributed by atoms with van der Waals surface area (Å²) in [6.45, 7) is 1.93. The van der Waals surface area contributed by atoms with Gasteiger partial charge in [0, 0.05) is 18.2 Å². The number of ether oxygens (including phenoxy) is 1. The molecule has 1 aromatic heterocycles. The van der Waals surface area contributed by atoms with Crippen molar-refractivity contribution >= 4 is 0 Å². The second-order valence-corrected chi connectivity index (χ2v) is 4.76. The molecule has 0 saturated carbocycles. The van der Waals surface area contributed by atoms with Crippen LogP contribution in [0.25, 0.3) is 0 Å². The van der Waals surface area contributed by atoms with E-state index in [-0.39, 0.29) is 12.4 Å². The van der Waals surface area contributed by atoms with E-state index in [9.17, 15) is 4.39 Å². The van der Waals surface area contributed by atoms with E-state index < -0.39 is 0 Å². The molecule has 2 N–H and O–H groups in total. The van der Waals surface area contributed by atoms with Crippen molar-refractivity contribution < 1.29 is 9.13 Å². The predicted molar refractivity (Wildman–Crippen MR) is 67.9 cm³/mol. The predicted octanol–water partition coefficient (Wildman–Crippen LogP) is 1.54. The van der Waals surface area contributed by atoms with Gasteiger partial charge in [0.25, 0.3) is 0 Å². The summed E-state index contributed by atoms with van der Waals surface area (Å²) >= 11 is 0. The largest absolute Gasteiger partial charge is 0.476 e. The maximum absolute atomic E-state index is 13.0. The Bertz CT molecular complexity index is 400. The van der Waals surface area contributed by atoms with E-state index >= 15 is 0 Å². The first-order valence-electron chi connectivity index (χ1n) is 6.38. The van der Waals surface area contributed by atoms with Crippen LogP contribution in [0.15, 0.2) is 12.3 Å². The molecule has 0 spiro atoms. The first-order valence-corrected chi connectivity index (χ1v) is 6.38. The molecule has 18 heavy (non-hydrogen) atoms. The number of nitrogens with zero attached hydrogens (tertiary/aromatic N) is 2. The number of hydrogen-bond donors (Lipinski definition) is 1. The number of piperidine rings is 1. The third-order valence-corrected chi connectivity index (χ3v) is 3.45. The van der Waals surface area contributed by atoms with Gasteiger partial charge >= 0.3 is 0 Å². The Hall–Kier alpha value is -1.20. The molecule has 4 nitrogen and oxygen atoms in total. The number of nitrogens with two attached hydrogens (primary N) is 1. The highest BCUT2D eigenvalue weighted by Crippen LogP contribution is 2.19. The molecule has 5 heteroatoms. The average molecular weight is 253 g/mol. The molecular formula is C13H20FN3O. The summed E-state index contributed by atoms with van der Waals surface area (Å²) in [5.41, 5.74) is 6.18. The van der Waals surface area contributed by atoms with Crippen molar-refractivity contribution in [2.24, 2.45) is 5.73 Å². The number of likely N-dealkylation sites (tertiary alicyclic amines) is 1. The Morgan fingerprint density at radius 2 is 2.39 bits per heavy atom. The van der Waals surface area contributed by atoms with Crippen molar-refractivity contribution in [1.29, 1.82) is 0 Å². The lowest BCUT2D eigenvalue weighted by molar-refractivity contribution is 0.122. The van der Waals surface area contributed by atoms with Crippen LogP contribution in [0.5, 0.6) is 5.88 Å². The zero-order valence-corrected chi connectivity index (χ0v) is 10.7. The minimum Gasteiger partial charge on any atom is -0.476 e. The Morgan fingerprint density at radius 1 is 1.56 bits per heavy atom. The Labute approximate surface area is 107 Å². The zero-order chi connectivity index (χ0) is 13.0. The molecule has 100 valence electrons. The van der Waals surface area contributed by atoms with Gasteiger partial charge in [0.1, 0.15) is 12.4 Å². The highest BCUT2D eigenvalue weighted by atomic mass is 19.1. The maximum Gasteiger partial charge on any atom is 0.218 e. The van der Waals surface area contributed by atoms with Gasteiger partial charge < -0.3 is 15.4 Å². The van der Waals surface area contributed by atoms with Gasteiger partial charge in [0.2, 0.25) is 5.88 Å². The van der Waals surface area contributed by atoms with Gasteiger partial charge in [-0.3, -0.25) is 0 Å². The monoisotopic (exact) mass is 253 g/mol. The van der Waals surface area contributed by atoms with Crippen molar-refractivity contribution in [2.45, 2.75) is 31.8 Å². The lowest BCUT2D eigenvalue weighted by Gasteiger charge is -2.32. The van der Waals surface area contributed by atoms with Gasteiger partial charge in [-0.05, 0) is 32.5 Å². The minimum absolute atomic E-state index is 0.237. The first kappa shape index (κ1) is 13.2. The fraction of sp³-hybridized carbons (Fsp3) is 0.615. The summed E-state index contributed by atoms with van der Waals surface area (Å²) in [5.74, 6) is 0.0791. The van der Waals surface area contributed by atoms with Crippen LogP contribution < -0.4 is 10.5 Å². The molecular weight excluding hydrogens is 233 g/mol. The van der Waals surface area contributed by atoms with Gasteiger partial charge in [0.15, 0.2) is 0 Å². The topological polar surface area (TPSA) is 51.4 Å². The number of likely N-dealkylation sites (N-methyl/N-ethyl adjacent to an activating group) is 1. The fourth-order valence-corrected chi connectivity index (χ4v) is 2.27. The average Bonchev–Trinajstić information content (AvgIpc) is 2.39. The van der Waals surface area contributed by atoms with Crippen LogP contribution in [-0.2, 0) is 6.54 Å². The molecule has 2 rings (SSSR count). The van der Waals surface area contributed by atoms with E-state index in [1.165, 1.54) is 25.1 Å². The lowest BCUT2D eigenvalue weighted by atomic mass is 10.0. The van der Waals surface area contributed by atoms with Gasteiger partial charge in [-0.1, -0.05) is 6.42 Å². The second kappa shape index (κ2) is 6.11. The molecule has 0 aliphatic carbocycles. The van der Waals surface area contributed by atoms with E-state index in [0.29, 0.717) is 24.1 Å². The summed E-state index contributed by atoms with van der Waals surface area (Å²) < 4.78 is 18.7. The van der Waals surface area contributed by atoms with E-state index in [4.69, 9.17) is 10.5 Å². The van der Waals surface area contributed by atoms with Gasteiger partial charge in [-0.2, -0.15) is 0 Å². The molecule has 1 aliphatic heterocycles. The van der Waals surface area contributed by atoms with Crippen LogP contribution in [0.1, 0.15) is 24.8 Å². The van der Waals surface area contributed by atoms with E-state index in [1.54, 1.807) is 0 Å². The van der Waals surface area contributed by atoms with Gasteiger partial charge in [-0.15, -0.1) is 0 Å². The molecule has 1 unspecified atom stereocenters. The second-order valence-electron chi connectivity index (χ2n) is 4.76. The van der Waals surface area contributed by atoms with Crippen molar-refractivity contribution in [3.05, 3.63) is 23.6 Å². The number of aromatic nitrogens is 1. The summed E-state index contributed by atoms with van der Waals surface area (Å²) in [6.07, 6.45) is 4.78. The quantitative estimate of drug-likeness (QED) is 0.884. The Morgan fingerprint density at radius 3 is 3.11 bits per heavy atom. The Balaban J connectivity index is 1.97. The highest BCUT2D eigenvalue weighted by Gasteiger charge is 2.20. The third kappa shape index (κ3) is 3.17. The molecule has 1 fully saturated rings. The number of pyridine rings is 1. The van der Waals surface area contributed by atoms with Crippen LogP contribution >= 0.6 is 0 Å². The van der Waals surface area contributed by atoms with Crippen molar-refractivity contribution in [2.75, 3.05) is 20.2 Å². The maximum atomic E-state index is 13.0. The Kier molecular flexibility index (Phi) is 4.49. The molecule has 0 amide bonds. The molecule has 1 atom stereocenters. The van der Waals surface area contributed by atoms with Crippen LogP contribution in [0, 0.1) is 5.82 Å².